The fourth-order valence-electron chi connectivity index (χ4n) is 1.65. The highest BCUT2D eigenvalue weighted by molar-refractivity contribution is 4.79. The van der Waals surface area contributed by atoms with Crippen molar-refractivity contribution in [2.75, 3.05) is 6.54 Å². The lowest BCUT2D eigenvalue weighted by Gasteiger charge is -2.19. The molecular weight excluding hydrogens is 138 g/mol. The van der Waals surface area contributed by atoms with E-state index in [1.165, 1.54) is 12.8 Å². The van der Waals surface area contributed by atoms with Crippen LogP contribution in [0.25, 0.3) is 0 Å². The molecule has 1 aliphatic rings. The van der Waals surface area contributed by atoms with Gasteiger partial charge in [0.05, 0.1) is 12.2 Å². The van der Waals surface area contributed by atoms with E-state index in [1.54, 1.807) is 0 Å². The third kappa shape index (κ3) is 2.46. The summed E-state index contributed by atoms with van der Waals surface area (Å²) < 4.78 is 5.71. The van der Waals surface area contributed by atoms with Gasteiger partial charge in [-0.1, -0.05) is 6.92 Å². The molecule has 1 aliphatic heterocycles. The van der Waals surface area contributed by atoms with Crippen molar-refractivity contribution in [2.45, 2.75) is 51.9 Å². The Labute approximate surface area is 69.3 Å². The molecule has 3 unspecified atom stereocenters. The second-order valence-corrected chi connectivity index (χ2v) is 3.41. The van der Waals surface area contributed by atoms with Crippen molar-refractivity contribution < 1.29 is 4.74 Å². The second kappa shape index (κ2) is 4.07. The fourth-order valence-corrected chi connectivity index (χ4v) is 1.65. The van der Waals surface area contributed by atoms with Gasteiger partial charge < -0.3 is 10.1 Å². The Hall–Kier alpha value is -0.0800. The predicted octanol–water partition coefficient (Wildman–Crippen LogP) is 1.55. The van der Waals surface area contributed by atoms with Crippen molar-refractivity contribution in [3.63, 3.8) is 0 Å². The molecule has 0 bridgehead atoms. The van der Waals surface area contributed by atoms with Crippen LogP contribution in [0.4, 0.5) is 0 Å². The van der Waals surface area contributed by atoms with Gasteiger partial charge in [-0.25, -0.2) is 0 Å². The number of likely N-dealkylation sites (N-methyl/N-ethyl adjacent to an activating group) is 1. The summed E-state index contributed by atoms with van der Waals surface area (Å²) in [6.45, 7) is 7.52. The molecule has 1 saturated heterocycles. The molecule has 2 heteroatoms. The van der Waals surface area contributed by atoms with E-state index in [9.17, 15) is 0 Å². The van der Waals surface area contributed by atoms with E-state index in [0.29, 0.717) is 18.2 Å². The quantitative estimate of drug-likeness (QED) is 0.671. The summed E-state index contributed by atoms with van der Waals surface area (Å²) in [5.41, 5.74) is 0. The van der Waals surface area contributed by atoms with Crippen LogP contribution in [0.3, 0.4) is 0 Å². The molecule has 1 rings (SSSR count). The van der Waals surface area contributed by atoms with Crippen molar-refractivity contribution in [3.05, 3.63) is 0 Å². The average Bonchev–Trinajstić information content (AvgIpc) is 2.36. The number of nitrogens with one attached hydrogen (secondary N) is 1. The van der Waals surface area contributed by atoms with Crippen LogP contribution in [0.2, 0.25) is 0 Å². The van der Waals surface area contributed by atoms with Gasteiger partial charge in [0.1, 0.15) is 0 Å². The van der Waals surface area contributed by atoms with Gasteiger partial charge in [-0.2, -0.15) is 0 Å². The summed E-state index contributed by atoms with van der Waals surface area (Å²) in [5, 5.41) is 3.38. The molecule has 2 nitrogen and oxygen atoms in total. The van der Waals surface area contributed by atoms with Gasteiger partial charge in [0.2, 0.25) is 0 Å². The number of rotatable bonds is 3. The molecule has 1 N–H and O–H groups in total. The molecule has 0 aromatic heterocycles. The average molecular weight is 157 g/mol. The molecule has 3 atom stereocenters. The molecule has 0 aromatic carbocycles. The zero-order valence-corrected chi connectivity index (χ0v) is 7.76. The minimum absolute atomic E-state index is 0.449. The van der Waals surface area contributed by atoms with Crippen molar-refractivity contribution in [1.82, 2.24) is 5.32 Å². The Kier molecular flexibility index (Phi) is 3.34. The highest BCUT2D eigenvalue weighted by Gasteiger charge is 2.25. The van der Waals surface area contributed by atoms with E-state index in [2.05, 4.69) is 26.1 Å². The topological polar surface area (TPSA) is 21.3 Å². The number of hydrogen-bond donors (Lipinski definition) is 1. The lowest BCUT2D eigenvalue weighted by molar-refractivity contribution is 0.0364. The number of hydrogen-bond acceptors (Lipinski definition) is 2. The molecule has 0 aromatic rings. The molecule has 0 saturated carbocycles. The van der Waals surface area contributed by atoms with E-state index < -0.39 is 0 Å². The van der Waals surface area contributed by atoms with Crippen LogP contribution in [0.5, 0.6) is 0 Å². The second-order valence-electron chi connectivity index (χ2n) is 3.41. The van der Waals surface area contributed by atoms with Gasteiger partial charge in [0, 0.05) is 6.04 Å². The van der Waals surface area contributed by atoms with Crippen molar-refractivity contribution in [3.8, 4) is 0 Å². The molecule has 1 heterocycles. The Balaban J connectivity index is 2.25. The zero-order valence-electron chi connectivity index (χ0n) is 7.76. The summed E-state index contributed by atoms with van der Waals surface area (Å²) in [5.74, 6) is 0. The Morgan fingerprint density at radius 1 is 1.55 bits per heavy atom. The zero-order chi connectivity index (χ0) is 8.27. The van der Waals surface area contributed by atoms with Crippen molar-refractivity contribution >= 4 is 0 Å². The van der Waals surface area contributed by atoms with Crippen LogP contribution in [-0.4, -0.2) is 24.8 Å². The van der Waals surface area contributed by atoms with Gasteiger partial charge in [-0.3, -0.25) is 0 Å². The SMILES string of the molecule is CCNC(C)C1CCC(C)O1. The van der Waals surface area contributed by atoms with Crippen LogP contribution in [-0.2, 0) is 4.74 Å². The lowest BCUT2D eigenvalue weighted by atomic mass is 10.1. The van der Waals surface area contributed by atoms with Crippen LogP contribution in [0.15, 0.2) is 0 Å². The van der Waals surface area contributed by atoms with Gasteiger partial charge in [-0.05, 0) is 33.2 Å². The van der Waals surface area contributed by atoms with Crippen molar-refractivity contribution in [1.29, 1.82) is 0 Å². The van der Waals surface area contributed by atoms with Crippen molar-refractivity contribution in [2.24, 2.45) is 0 Å². The summed E-state index contributed by atoms with van der Waals surface area (Å²) in [7, 11) is 0. The Morgan fingerprint density at radius 3 is 2.73 bits per heavy atom. The first-order valence-corrected chi connectivity index (χ1v) is 4.63. The molecule has 66 valence electrons. The summed E-state index contributed by atoms with van der Waals surface area (Å²) in [6, 6.07) is 0.518. The van der Waals surface area contributed by atoms with E-state index in [-0.39, 0.29) is 0 Å². The summed E-state index contributed by atoms with van der Waals surface area (Å²) >= 11 is 0. The van der Waals surface area contributed by atoms with Crippen LogP contribution < -0.4 is 5.32 Å². The Bertz CT molecular complexity index is 116. The van der Waals surface area contributed by atoms with Crippen LogP contribution >= 0.6 is 0 Å². The van der Waals surface area contributed by atoms with E-state index in [1.807, 2.05) is 0 Å². The maximum atomic E-state index is 5.71. The molecule has 0 aliphatic carbocycles. The third-order valence-electron chi connectivity index (χ3n) is 2.35. The minimum Gasteiger partial charge on any atom is -0.374 e. The van der Waals surface area contributed by atoms with E-state index >= 15 is 0 Å². The first kappa shape index (κ1) is 9.01. The Morgan fingerprint density at radius 2 is 2.27 bits per heavy atom. The molecule has 0 amide bonds. The monoisotopic (exact) mass is 157 g/mol. The smallest absolute Gasteiger partial charge is 0.0729 e. The van der Waals surface area contributed by atoms with Crippen LogP contribution in [0, 0.1) is 0 Å². The number of ether oxygens (including phenoxy) is 1. The standard InChI is InChI=1S/C9H19NO/c1-4-10-8(3)9-6-5-7(2)11-9/h7-10H,4-6H2,1-3H3. The maximum Gasteiger partial charge on any atom is 0.0729 e. The molecule has 11 heavy (non-hydrogen) atoms. The first-order valence-electron chi connectivity index (χ1n) is 4.63. The first-order chi connectivity index (χ1) is 5.24. The highest BCUT2D eigenvalue weighted by Crippen LogP contribution is 2.21. The maximum absolute atomic E-state index is 5.71. The summed E-state index contributed by atoms with van der Waals surface area (Å²) in [6.07, 6.45) is 3.36. The molecular formula is C9H19NO. The predicted molar refractivity (Wildman–Crippen MR) is 46.7 cm³/mol. The van der Waals surface area contributed by atoms with Gasteiger partial charge in [-0.15, -0.1) is 0 Å². The molecule has 0 radical (unpaired) electrons. The third-order valence-corrected chi connectivity index (χ3v) is 2.35. The lowest BCUT2D eigenvalue weighted by Crippen LogP contribution is -2.37. The van der Waals surface area contributed by atoms with Crippen LogP contribution in [0.1, 0.15) is 33.6 Å². The molecule has 0 spiro atoms. The largest absolute Gasteiger partial charge is 0.374 e. The fraction of sp³-hybridized carbons (Fsp3) is 1.00. The van der Waals surface area contributed by atoms with Gasteiger partial charge in [0.25, 0.3) is 0 Å². The minimum atomic E-state index is 0.449. The molecule has 1 fully saturated rings. The van der Waals surface area contributed by atoms with Gasteiger partial charge in [0.15, 0.2) is 0 Å². The normalized spacial score (nSPS) is 34.1. The summed E-state index contributed by atoms with van der Waals surface area (Å²) in [4.78, 5) is 0. The van der Waals surface area contributed by atoms with E-state index in [0.717, 1.165) is 6.54 Å². The highest BCUT2D eigenvalue weighted by atomic mass is 16.5. The van der Waals surface area contributed by atoms with Gasteiger partial charge >= 0.3 is 0 Å². The van der Waals surface area contributed by atoms with E-state index in [4.69, 9.17) is 4.74 Å².